The maximum atomic E-state index is 5.54. The second-order valence-electron chi connectivity index (χ2n) is 3.02. The Hall–Kier alpha value is -1.36. The van der Waals surface area contributed by atoms with E-state index >= 15 is 0 Å². The van der Waals surface area contributed by atoms with E-state index in [0.717, 1.165) is 13.0 Å². The zero-order valence-electron chi connectivity index (χ0n) is 8.43. The maximum Gasteiger partial charge on any atom is 0.0555 e. The van der Waals surface area contributed by atoms with E-state index in [0.29, 0.717) is 12.6 Å². The maximum absolute atomic E-state index is 5.54. The minimum Gasteiger partial charge on any atom is -0.349 e. The highest BCUT2D eigenvalue weighted by Gasteiger charge is 2.07. The normalized spacial score (nSPS) is 13.3. The van der Waals surface area contributed by atoms with E-state index in [4.69, 9.17) is 5.73 Å². The van der Waals surface area contributed by atoms with Gasteiger partial charge >= 0.3 is 0 Å². The fraction of sp³-hybridized carbons (Fsp3) is 0.556. The molecule has 0 saturated heterocycles. The van der Waals surface area contributed by atoms with Crippen LogP contribution in [0.5, 0.6) is 0 Å². The number of rotatable bonds is 6. The lowest BCUT2D eigenvalue weighted by Gasteiger charge is -2.17. The summed E-state index contributed by atoms with van der Waals surface area (Å²) in [4.78, 5) is 0. The Bertz CT molecular complexity index is 254. The summed E-state index contributed by atoms with van der Waals surface area (Å²) in [6.07, 6.45) is 5.00. The van der Waals surface area contributed by atoms with Crippen molar-refractivity contribution in [3.8, 4) is 0 Å². The average Bonchev–Trinajstić information content (AvgIpc) is 2.70. The molecule has 5 nitrogen and oxygen atoms in total. The van der Waals surface area contributed by atoms with Gasteiger partial charge in [0.05, 0.1) is 19.6 Å². The van der Waals surface area contributed by atoms with E-state index in [1.165, 1.54) is 0 Å². The van der Waals surface area contributed by atoms with Crippen molar-refractivity contribution < 1.29 is 0 Å². The lowest BCUT2D eigenvalue weighted by atomic mass is 10.2. The molecule has 1 atom stereocenters. The van der Waals surface area contributed by atoms with Gasteiger partial charge in [-0.05, 0) is 25.1 Å². The standard InChI is InChI=1S/C9H17N5/c1-11-13-12-8-9(4-5-10)14-6-2-3-7-14/h2-3,6-7,9H,4-5,8,10H2,1H3,(H,11,12)/t9-/m0/s1. The monoisotopic (exact) mass is 195 g/mol. The molecule has 0 bridgehead atoms. The Kier molecular flexibility index (Phi) is 4.71. The topological polar surface area (TPSA) is 67.7 Å². The number of nitrogens with two attached hydrogens (primary N) is 1. The molecule has 5 heteroatoms. The highest BCUT2D eigenvalue weighted by molar-refractivity contribution is 4.93. The van der Waals surface area contributed by atoms with Gasteiger partial charge in [0.25, 0.3) is 0 Å². The summed E-state index contributed by atoms with van der Waals surface area (Å²) in [5.74, 6) is 0. The fourth-order valence-corrected chi connectivity index (χ4v) is 1.36. The smallest absolute Gasteiger partial charge is 0.0555 e. The number of hydrogen-bond donors (Lipinski definition) is 2. The zero-order chi connectivity index (χ0) is 10.2. The van der Waals surface area contributed by atoms with Crippen LogP contribution in [-0.2, 0) is 0 Å². The minimum atomic E-state index is 0.348. The summed E-state index contributed by atoms with van der Waals surface area (Å²) < 4.78 is 2.13. The highest BCUT2D eigenvalue weighted by atomic mass is 15.4. The van der Waals surface area contributed by atoms with Crippen molar-refractivity contribution in [2.24, 2.45) is 16.1 Å². The molecule has 0 amide bonds. The summed E-state index contributed by atoms with van der Waals surface area (Å²) in [7, 11) is 1.64. The molecule has 0 unspecified atom stereocenters. The molecular weight excluding hydrogens is 178 g/mol. The van der Waals surface area contributed by atoms with E-state index in [9.17, 15) is 0 Å². The third-order valence-corrected chi connectivity index (χ3v) is 2.05. The number of nitrogens with zero attached hydrogens (tertiary/aromatic N) is 3. The lowest BCUT2D eigenvalue weighted by molar-refractivity contribution is 0.438. The van der Waals surface area contributed by atoms with Crippen molar-refractivity contribution in [1.29, 1.82) is 0 Å². The van der Waals surface area contributed by atoms with E-state index in [1.807, 2.05) is 24.5 Å². The molecule has 0 aliphatic carbocycles. The van der Waals surface area contributed by atoms with Gasteiger partial charge < -0.3 is 10.3 Å². The first-order valence-electron chi connectivity index (χ1n) is 4.72. The van der Waals surface area contributed by atoms with Crippen molar-refractivity contribution >= 4 is 0 Å². The third kappa shape index (κ3) is 3.18. The van der Waals surface area contributed by atoms with E-state index < -0.39 is 0 Å². The molecule has 14 heavy (non-hydrogen) atoms. The Morgan fingerprint density at radius 2 is 2.14 bits per heavy atom. The third-order valence-electron chi connectivity index (χ3n) is 2.05. The van der Waals surface area contributed by atoms with Gasteiger partial charge in [-0.25, -0.2) is 0 Å². The van der Waals surface area contributed by atoms with Crippen LogP contribution in [0.1, 0.15) is 12.5 Å². The average molecular weight is 195 g/mol. The van der Waals surface area contributed by atoms with Gasteiger partial charge in [-0.15, -0.1) is 0 Å². The first kappa shape index (κ1) is 10.7. The first-order valence-corrected chi connectivity index (χ1v) is 4.72. The predicted molar refractivity (Wildman–Crippen MR) is 55.9 cm³/mol. The molecule has 0 saturated carbocycles. The molecule has 1 aromatic rings. The summed E-state index contributed by atoms with van der Waals surface area (Å²) in [5.41, 5.74) is 8.43. The Labute approximate surface area is 84.0 Å². The lowest BCUT2D eigenvalue weighted by Crippen LogP contribution is -2.23. The first-order chi connectivity index (χ1) is 6.88. The molecule has 1 rings (SSSR count). The van der Waals surface area contributed by atoms with E-state index in [-0.39, 0.29) is 0 Å². The molecule has 3 N–H and O–H groups in total. The molecule has 0 fully saturated rings. The molecule has 0 aliphatic rings. The van der Waals surface area contributed by atoms with Crippen LogP contribution in [0, 0.1) is 0 Å². The van der Waals surface area contributed by atoms with Crippen molar-refractivity contribution in [1.82, 2.24) is 9.99 Å². The fourth-order valence-electron chi connectivity index (χ4n) is 1.36. The van der Waals surface area contributed by atoms with Crippen LogP contribution in [0.25, 0.3) is 0 Å². The summed E-state index contributed by atoms with van der Waals surface area (Å²) in [5, 5.41) is 7.35. The Morgan fingerprint density at radius 1 is 1.43 bits per heavy atom. The van der Waals surface area contributed by atoms with Gasteiger partial charge in [-0.2, -0.15) is 5.11 Å². The van der Waals surface area contributed by atoms with Gasteiger partial charge in [0, 0.05) is 12.4 Å². The molecule has 0 spiro atoms. The van der Waals surface area contributed by atoms with Crippen LogP contribution in [0.15, 0.2) is 34.9 Å². The summed E-state index contributed by atoms with van der Waals surface area (Å²) in [6, 6.07) is 4.36. The van der Waals surface area contributed by atoms with Gasteiger partial charge in [0.1, 0.15) is 0 Å². The van der Waals surface area contributed by atoms with Crippen LogP contribution in [-0.4, -0.2) is 24.7 Å². The zero-order valence-corrected chi connectivity index (χ0v) is 8.43. The van der Waals surface area contributed by atoms with Gasteiger partial charge in [-0.1, -0.05) is 5.22 Å². The quantitative estimate of drug-likeness (QED) is 0.524. The number of nitrogens with one attached hydrogen (secondary N) is 1. The molecule has 1 aromatic heterocycles. The minimum absolute atomic E-state index is 0.348. The molecule has 0 radical (unpaired) electrons. The summed E-state index contributed by atoms with van der Waals surface area (Å²) >= 11 is 0. The second-order valence-corrected chi connectivity index (χ2v) is 3.02. The molecule has 0 aromatic carbocycles. The van der Waals surface area contributed by atoms with Crippen molar-refractivity contribution in [2.75, 3.05) is 20.1 Å². The van der Waals surface area contributed by atoms with Crippen LogP contribution >= 0.6 is 0 Å². The van der Waals surface area contributed by atoms with Crippen LogP contribution < -0.4 is 11.2 Å². The SMILES string of the molecule is CN=NNC[C@H](CCN)n1cccc1. The second kappa shape index (κ2) is 6.15. The van der Waals surface area contributed by atoms with Gasteiger partial charge in [0.15, 0.2) is 0 Å². The van der Waals surface area contributed by atoms with Crippen molar-refractivity contribution in [3.63, 3.8) is 0 Å². The van der Waals surface area contributed by atoms with E-state index in [2.05, 4.69) is 20.3 Å². The molecule has 1 heterocycles. The summed E-state index contributed by atoms with van der Waals surface area (Å²) in [6.45, 7) is 1.43. The predicted octanol–water partition coefficient (Wildman–Crippen LogP) is 0.965. The van der Waals surface area contributed by atoms with Crippen molar-refractivity contribution in [2.45, 2.75) is 12.5 Å². The Balaban J connectivity index is 2.47. The van der Waals surface area contributed by atoms with Crippen LogP contribution in [0.2, 0.25) is 0 Å². The van der Waals surface area contributed by atoms with E-state index in [1.54, 1.807) is 7.05 Å². The highest BCUT2D eigenvalue weighted by Crippen LogP contribution is 2.09. The molecule has 0 aliphatic heterocycles. The van der Waals surface area contributed by atoms with Crippen molar-refractivity contribution in [3.05, 3.63) is 24.5 Å². The van der Waals surface area contributed by atoms with Gasteiger partial charge in [-0.3, -0.25) is 5.43 Å². The number of hydrogen-bond acceptors (Lipinski definition) is 3. The number of aromatic nitrogens is 1. The van der Waals surface area contributed by atoms with Gasteiger partial charge in [0.2, 0.25) is 0 Å². The molecular formula is C9H17N5. The Morgan fingerprint density at radius 3 is 2.71 bits per heavy atom. The molecule has 78 valence electrons. The van der Waals surface area contributed by atoms with Crippen LogP contribution in [0.4, 0.5) is 0 Å². The largest absolute Gasteiger partial charge is 0.349 e. The van der Waals surface area contributed by atoms with Crippen LogP contribution in [0.3, 0.4) is 0 Å².